The number of hydrogen-bond donors (Lipinski definition) is 1. The van der Waals surface area contributed by atoms with Crippen molar-refractivity contribution in [3.63, 3.8) is 0 Å². The molecule has 2 heteroatoms. The van der Waals surface area contributed by atoms with Crippen molar-refractivity contribution in [3.05, 3.63) is 0 Å². The van der Waals surface area contributed by atoms with Crippen LogP contribution < -0.4 is 5.32 Å². The van der Waals surface area contributed by atoms with Crippen molar-refractivity contribution in [1.29, 1.82) is 0 Å². The highest BCUT2D eigenvalue weighted by Crippen LogP contribution is 2.41. The second-order valence-electron chi connectivity index (χ2n) is 7.81. The third-order valence-corrected chi connectivity index (χ3v) is 5.74. The predicted molar refractivity (Wildman–Crippen MR) is 83.4 cm³/mol. The summed E-state index contributed by atoms with van der Waals surface area (Å²) in [5, 5.41) is 3.81. The van der Waals surface area contributed by atoms with Gasteiger partial charge in [0.25, 0.3) is 0 Å². The molecule has 0 amide bonds. The lowest BCUT2D eigenvalue weighted by Crippen LogP contribution is -2.61. The minimum absolute atomic E-state index is 0.616. The number of rotatable bonds is 5. The average Bonchev–Trinajstić information content (AvgIpc) is 2.35. The van der Waals surface area contributed by atoms with Gasteiger partial charge in [0.1, 0.15) is 0 Å². The van der Waals surface area contributed by atoms with Crippen LogP contribution in [0.25, 0.3) is 0 Å². The van der Waals surface area contributed by atoms with E-state index in [4.69, 9.17) is 0 Å². The van der Waals surface area contributed by atoms with Crippen LogP contribution in [0.15, 0.2) is 0 Å². The summed E-state index contributed by atoms with van der Waals surface area (Å²) in [7, 11) is 0. The monoisotopic (exact) mass is 266 g/mol. The number of piperazine rings is 1. The smallest absolute Gasteiger partial charge is 0.0244 e. The molecule has 0 bridgehead atoms. The minimum Gasteiger partial charge on any atom is -0.311 e. The van der Waals surface area contributed by atoms with Crippen molar-refractivity contribution < 1.29 is 0 Å². The highest BCUT2D eigenvalue weighted by molar-refractivity contribution is 4.94. The first-order chi connectivity index (χ1) is 8.95. The Morgan fingerprint density at radius 3 is 2.42 bits per heavy atom. The molecule has 3 unspecified atom stereocenters. The van der Waals surface area contributed by atoms with Gasteiger partial charge in [-0.15, -0.1) is 0 Å². The number of nitrogens with one attached hydrogen (secondary N) is 1. The largest absolute Gasteiger partial charge is 0.311 e. The molecule has 1 aliphatic carbocycles. The fraction of sp³-hybridized carbons (Fsp3) is 1.00. The third-order valence-electron chi connectivity index (χ3n) is 5.74. The summed E-state index contributed by atoms with van der Waals surface area (Å²) in [4.78, 5) is 2.82. The van der Waals surface area contributed by atoms with Gasteiger partial charge in [0.05, 0.1) is 0 Å². The Morgan fingerprint density at radius 2 is 1.95 bits per heavy atom. The van der Waals surface area contributed by atoms with E-state index in [1.54, 1.807) is 0 Å². The lowest BCUT2D eigenvalue weighted by molar-refractivity contribution is 0.0138. The van der Waals surface area contributed by atoms with Crippen LogP contribution in [0.5, 0.6) is 0 Å². The summed E-state index contributed by atoms with van der Waals surface area (Å²) in [6, 6.07) is 1.43. The molecule has 1 heterocycles. The Bertz CT molecular complexity index is 283. The zero-order chi connectivity index (χ0) is 14.0. The Balaban J connectivity index is 2.00. The summed E-state index contributed by atoms with van der Waals surface area (Å²) in [6.07, 6.45) is 5.62. The van der Waals surface area contributed by atoms with Crippen molar-refractivity contribution >= 4 is 0 Å². The molecule has 1 N–H and O–H groups in total. The molecule has 1 saturated carbocycles. The first-order valence-corrected chi connectivity index (χ1v) is 8.42. The van der Waals surface area contributed by atoms with Crippen molar-refractivity contribution in [2.24, 2.45) is 17.3 Å². The lowest BCUT2D eigenvalue weighted by atomic mass is 9.69. The fourth-order valence-electron chi connectivity index (χ4n) is 3.79. The highest BCUT2D eigenvalue weighted by Gasteiger charge is 2.39. The van der Waals surface area contributed by atoms with E-state index < -0.39 is 0 Å². The highest BCUT2D eigenvalue weighted by atomic mass is 15.2. The molecule has 0 radical (unpaired) electrons. The van der Waals surface area contributed by atoms with Crippen molar-refractivity contribution in [2.75, 3.05) is 19.6 Å². The molecule has 19 heavy (non-hydrogen) atoms. The molecule has 2 aliphatic rings. The topological polar surface area (TPSA) is 15.3 Å². The molecule has 0 spiro atoms. The van der Waals surface area contributed by atoms with Gasteiger partial charge in [-0.3, -0.25) is 4.90 Å². The van der Waals surface area contributed by atoms with Crippen LogP contribution in [0.4, 0.5) is 0 Å². The molecule has 0 aromatic heterocycles. The average molecular weight is 266 g/mol. The van der Waals surface area contributed by atoms with Gasteiger partial charge in [-0.05, 0) is 30.1 Å². The fourth-order valence-corrected chi connectivity index (χ4v) is 3.79. The molecule has 112 valence electrons. The Kier molecular flexibility index (Phi) is 4.94. The van der Waals surface area contributed by atoms with Gasteiger partial charge in [0, 0.05) is 31.7 Å². The van der Waals surface area contributed by atoms with Crippen LogP contribution in [0, 0.1) is 17.3 Å². The van der Waals surface area contributed by atoms with E-state index in [2.05, 4.69) is 44.8 Å². The third kappa shape index (κ3) is 3.52. The Labute approximate surface area is 120 Å². The summed E-state index contributed by atoms with van der Waals surface area (Å²) in [5.74, 6) is 1.55. The molecule has 2 nitrogen and oxygen atoms in total. The molecule has 1 saturated heterocycles. The van der Waals surface area contributed by atoms with Crippen molar-refractivity contribution in [1.82, 2.24) is 10.2 Å². The maximum atomic E-state index is 3.81. The summed E-state index contributed by atoms with van der Waals surface area (Å²) >= 11 is 0. The van der Waals surface area contributed by atoms with Crippen molar-refractivity contribution in [2.45, 2.75) is 72.4 Å². The van der Waals surface area contributed by atoms with Gasteiger partial charge in [0.15, 0.2) is 0 Å². The molecule has 0 aromatic carbocycles. The quantitative estimate of drug-likeness (QED) is 0.819. The first kappa shape index (κ1) is 15.3. The molecular weight excluding hydrogens is 232 g/mol. The molecule has 2 rings (SSSR count). The maximum Gasteiger partial charge on any atom is 0.0244 e. The van der Waals surface area contributed by atoms with Crippen LogP contribution >= 0.6 is 0 Å². The van der Waals surface area contributed by atoms with Crippen LogP contribution in [-0.4, -0.2) is 36.6 Å². The van der Waals surface area contributed by atoms with Crippen molar-refractivity contribution in [3.8, 4) is 0 Å². The zero-order valence-corrected chi connectivity index (χ0v) is 13.7. The van der Waals surface area contributed by atoms with E-state index in [0.29, 0.717) is 11.5 Å². The van der Waals surface area contributed by atoms with Crippen LogP contribution in [0.1, 0.15) is 60.3 Å². The summed E-state index contributed by atoms with van der Waals surface area (Å²) in [5.41, 5.74) is 0.616. The Morgan fingerprint density at radius 1 is 1.26 bits per heavy atom. The van der Waals surface area contributed by atoms with E-state index in [0.717, 1.165) is 17.9 Å². The molecule has 0 aromatic rings. The summed E-state index contributed by atoms with van der Waals surface area (Å²) in [6.45, 7) is 15.7. The second-order valence-corrected chi connectivity index (χ2v) is 7.81. The van der Waals surface area contributed by atoms with Gasteiger partial charge < -0.3 is 5.32 Å². The SMILES string of the molecule is CCC(C)C1CN(CC2(C)CCC2)C(C(C)C)CN1. The zero-order valence-electron chi connectivity index (χ0n) is 13.7. The Hall–Kier alpha value is -0.0800. The normalized spacial score (nSPS) is 33.2. The second kappa shape index (κ2) is 6.13. The van der Waals surface area contributed by atoms with Gasteiger partial charge in [0.2, 0.25) is 0 Å². The van der Waals surface area contributed by atoms with Crippen LogP contribution in [-0.2, 0) is 0 Å². The predicted octanol–water partition coefficient (Wildman–Crippen LogP) is 3.52. The minimum atomic E-state index is 0.616. The lowest BCUT2D eigenvalue weighted by Gasteiger charge is -2.50. The van der Waals surface area contributed by atoms with E-state index in [9.17, 15) is 0 Å². The molecule has 2 fully saturated rings. The standard InChI is InChI=1S/C17H34N2/c1-6-14(4)15-11-19(12-17(5)8-7-9-17)16(10-18-15)13(2)3/h13-16,18H,6-12H2,1-5H3. The van der Waals surface area contributed by atoms with Gasteiger partial charge >= 0.3 is 0 Å². The van der Waals surface area contributed by atoms with E-state index in [-0.39, 0.29) is 0 Å². The molecule has 1 aliphatic heterocycles. The molecule has 3 atom stereocenters. The molecular formula is C17H34N2. The van der Waals surface area contributed by atoms with Gasteiger partial charge in [-0.25, -0.2) is 0 Å². The maximum absolute atomic E-state index is 3.81. The van der Waals surface area contributed by atoms with Crippen LogP contribution in [0.2, 0.25) is 0 Å². The van der Waals surface area contributed by atoms with Gasteiger partial charge in [-0.1, -0.05) is 47.5 Å². The summed E-state index contributed by atoms with van der Waals surface area (Å²) < 4.78 is 0. The van der Waals surface area contributed by atoms with Gasteiger partial charge in [-0.2, -0.15) is 0 Å². The first-order valence-electron chi connectivity index (χ1n) is 8.42. The van der Waals surface area contributed by atoms with E-state index in [1.807, 2.05) is 0 Å². The van der Waals surface area contributed by atoms with E-state index >= 15 is 0 Å². The van der Waals surface area contributed by atoms with Crippen LogP contribution in [0.3, 0.4) is 0 Å². The van der Waals surface area contributed by atoms with E-state index in [1.165, 1.54) is 45.3 Å². The number of nitrogens with zero attached hydrogens (tertiary/aromatic N) is 1. The number of hydrogen-bond acceptors (Lipinski definition) is 2.